The first kappa shape index (κ1) is 16.1. The average Bonchev–Trinajstić information content (AvgIpc) is 3.11. The molecule has 3 rings (SSSR count). The van der Waals surface area contributed by atoms with E-state index in [1.165, 1.54) is 6.33 Å². The summed E-state index contributed by atoms with van der Waals surface area (Å²) in [5.41, 5.74) is 0.969. The van der Waals surface area contributed by atoms with E-state index in [0.717, 1.165) is 30.0 Å². The summed E-state index contributed by atoms with van der Waals surface area (Å²) in [4.78, 5) is 15.8. The van der Waals surface area contributed by atoms with Gasteiger partial charge < -0.3 is 20.1 Å². The maximum Gasteiger partial charge on any atom is 0.315 e. The first-order valence-corrected chi connectivity index (χ1v) is 7.99. The van der Waals surface area contributed by atoms with Crippen LogP contribution in [0.5, 0.6) is 11.5 Å². The molecule has 0 saturated carbocycles. The number of carbonyl (C=O) groups excluding carboxylic acids is 1. The SMILES string of the molecule is C[C@H](NC(=O)NCCCn1cncn1)c1ccc2c(c1)OCCO2. The van der Waals surface area contributed by atoms with Crippen LogP contribution in [0.15, 0.2) is 30.9 Å². The second-order valence-electron chi connectivity index (χ2n) is 5.54. The molecule has 2 heterocycles. The molecule has 0 fully saturated rings. The van der Waals surface area contributed by atoms with Gasteiger partial charge in [-0.2, -0.15) is 5.10 Å². The van der Waals surface area contributed by atoms with E-state index in [0.29, 0.717) is 19.8 Å². The molecule has 2 amide bonds. The molecule has 8 nitrogen and oxygen atoms in total. The number of amides is 2. The van der Waals surface area contributed by atoms with Gasteiger partial charge in [0.15, 0.2) is 11.5 Å². The van der Waals surface area contributed by atoms with Gasteiger partial charge in [0.1, 0.15) is 25.9 Å². The number of carbonyl (C=O) groups is 1. The molecule has 0 spiro atoms. The van der Waals surface area contributed by atoms with E-state index in [1.807, 2.05) is 25.1 Å². The normalized spacial score (nSPS) is 14.0. The average molecular weight is 331 g/mol. The Bertz CT molecular complexity index is 674. The summed E-state index contributed by atoms with van der Waals surface area (Å²) in [5.74, 6) is 1.47. The van der Waals surface area contributed by atoms with Gasteiger partial charge in [0.2, 0.25) is 0 Å². The summed E-state index contributed by atoms with van der Waals surface area (Å²) in [5, 5.41) is 9.77. The van der Waals surface area contributed by atoms with E-state index in [2.05, 4.69) is 20.7 Å². The number of ether oxygens (including phenoxy) is 2. The Hall–Kier alpha value is -2.77. The lowest BCUT2D eigenvalue weighted by Crippen LogP contribution is -2.37. The second kappa shape index (κ2) is 7.67. The highest BCUT2D eigenvalue weighted by Gasteiger charge is 2.15. The highest BCUT2D eigenvalue weighted by Crippen LogP contribution is 2.32. The molecule has 2 aromatic rings. The molecular weight excluding hydrogens is 310 g/mol. The molecule has 0 bridgehead atoms. The van der Waals surface area contributed by atoms with E-state index in [1.54, 1.807) is 11.0 Å². The van der Waals surface area contributed by atoms with Crippen molar-refractivity contribution >= 4 is 6.03 Å². The molecule has 0 saturated heterocycles. The number of benzene rings is 1. The maximum atomic E-state index is 12.0. The van der Waals surface area contributed by atoms with Crippen molar-refractivity contribution in [3.63, 3.8) is 0 Å². The minimum atomic E-state index is -0.198. The zero-order valence-electron chi connectivity index (χ0n) is 13.6. The summed E-state index contributed by atoms with van der Waals surface area (Å²) in [6, 6.07) is 5.39. The Morgan fingerprint density at radius 3 is 2.96 bits per heavy atom. The molecule has 0 unspecified atom stereocenters. The van der Waals surface area contributed by atoms with Crippen LogP contribution < -0.4 is 20.1 Å². The molecule has 1 aliphatic heterocycles. The number of nitrogens with one attached hydrogen (secondary N) is 2. The number of fused-ring (bicyclic) bond motifs is 1. The fraction of sp³-hybridized carbons (Fsp3) is 0.438. The maximum absolute atomic E-state index is 12.0. The van der Waals surface area contributed by atoms with Crippen LogP contribution in [0.25, 0.3) is 0 Å². The van der Waals surface area contributed by atoms with Crippen molar-refractivity contribution in [1.82, 2.24) is 25.4 Å². The number of aromatic nitrogens is 3. The number of hydrogen-bond acceptors (Lipinski definition) is 5. The van der Waals surface area contributed by atoms with Gasteiger partial charge in [-0.15, -0.1) is 0 Å². The Morgan fingerprint density at radius 2 is 2.17 bits per heavy atom. The van der Waals surface area contributed by atoms with Gasteiger partial charge in [0.25, 0.3) is 0 Å². The number of hydrogen-bond donors (Lipinski definition) is 2. The van der Waals surface area contributed by atoms with Crippen molar-refractivity contribution in [3.05, 3.63) is 36.4 Å². The molecule has 1 aliphatic rings. The topological polar surface area (TPSA) is 90.3 Å². The minimum Gasteiger partial charge on any atom is -0.486 e. The van der Waals surface area contributed by atoms with Gasteiger partial charge in [-0.1, -0.05) is 6.07 Å². The van der Waals surface area contributed by atoms with Crippen LogP contribution in [0.4, 0.5) is 4.79 Å². The molecule has 0 aliphatic carbocycles. The van der Waals surface area contributed by atoms with E-state index in [9.17, 15) is 4.79 Å². The number of aryl methyl sites for hydroxylation is 1. The van der Waals surface area contributed by atoms with Crippen molar-refractivity contribution in [2.75, 3.05) is 19.8 Å². The van der Waals surface area contributed by atoms with Crippen molar-refractivity contribution in [3.8, 4) is 11.5 Å². The van der Waals surface area contributed by atoms with Crippen LogP contribution in [0.3, 0.4) is 0 Å². The monoisotopic (exact) mass is 331 g/mol. The summed E-state index contributed by atoms with van der Waals surface area (Å²) >= 11 is 0. The third-order valence-corrected chi connectivity index (χ3v) is 3.73. The van der Waals surface area contributed by atoms with E-state index >= 15 is 0 Å². The minimum absolute atomic E-state index is 0.129. The van der Waals surface area contributed by atoms with Crippen molar-refractivity contribution in [1.29, 1.82) is 0 Å². The summed E-state index contributed by atoms with van der Waals surface area (Å²) in [7, 11) is 0. The van der Waals surface area contributed by atoms with Gasteiger partial charge in [-0.05, 0) is 31.0 Å². The lowest BCUT2D eigenvalue weighted by atomic mass is 10.1. The number of urea groups is 1. The zero-order valence-corrected chi connectivity index (χ0v) is 13.6. The van der Waals surface area contributed by atoms with E-state index in [-0.39, 0.29) is 12.1 Å². The van der Waals surface area contributed by atoms with Crippen LogP contribution >= 0.6 is 0 Å². The predicted molar refractivity (Wildman–Crippen MR) is 87.0 cm³/mol. The van der Waals surface area contributed by atoms with Crippen LogP contribution in [-0.2, 0) is 6.54 Å². The summed E-state index contributed by atoms with van der Waals surface area (Å²) in [6.07, 6.45) is 3.94. The number of rotatable bonds is 6. The summed E-state index contributed by atoms with van der Waals surface area (Å²) in [6.45, 7) is 4.33. The molecule has 8 heteroatoms. The summed E-state index contributed by atoms with van der Waals surface area (Å²) < 4.78 is 12.8. The fourth-order valence-electron chi connectivity index (χ4n) is 2.45. The standard InChI is InChI=1S/C16H21N5O3/c1-12(13-3-4-14-15(9-13)24-8-7-23-14)20-16(22)18-5-2-6-21-11-17-10-19-21/h3-4,9-12H,2,5-8H2,1H3,(H2,18,20,22)/t12-/m0/s1. The van der Waals surface area contributed by atoms with Crippen molar-refractivity contribution in [2.24, 2.45) is 0 Å². The first-order valence-electron chi connectivity index (χ1n) is 7.99. The Kier molecular flexibility index (Phi) is 5.15. The predicted octanol–water partition coefficient (Wildman–Crippen LogP) is 1.50. The molecule has 2 N–H and O–H groups in total. The van der Waals surface area contributed by atoms with Crippen LogP contribution in [0.2, 0.25) is 0 Å². The molecule has 1 aromatic carbocycles. The van der Waals surface area contributed by atoms with Crippen molar-refractivity contribution in [2.45, 2.75) is 25.9 Å². The van der Waals surface area contributed by atoms with Crippen LogP contribution in [-0.4, -0.2) is 40.6 Å². The van der Waals surface area contributed by atoms with Gasteiger partial charge in [0, 0.05) is 13.1 Å². The third-order valence-electron chi connectivity index (χ3n) is 3.73. The lowest BCUT2D eigenvalue weighted by molar-refractivity contribution is 0.171. The smallest absolute Gasteiger partial charge is 0.315 e. The zero-order chi connectivity index (χ0) is 16.8. The Morgan fingerprint density at radius 1 is 1.33 bits per heavy atom. The van der Waals surface area contributed by atoms with Crippen LogP contribution in [0, 0.1) is 0 Å². The second-order valence-corrected chi connectivity index (χ2v) is 5.54. The Labute approximate surface area is 140 Å². The van der Waals surface area contributed by atoms with E-state index < -0.39 is 0 Å². The molecule has 1 aromatic heterocycles. The van der Waals surface area contributed by atoms with Gasteiger partial charge in [-0.25, -0.2) is 9.78 Å². The molecular formula is C16H21N5O3. The van der Waals surface area contributed by atoms with Crippen molar-refractivity contribution < 1.29 is 14.3 Å². The molecule has 24 heavy (non-hydrogen) atoms. The first-order chi connectivity index (χ1) is 11.7. The Balaban J connectivity index is 1.43. The van der Waals surface area contributed by atoms with Gasteiger partial charge in [-0.3, -0.25) is 4.68 Å². The molecule has 0 radical (unpaired) electrons. The third kappa shape index (κ3) is 4.15. The van der Waals surface area contributed by atoms with Gasteiger partial charge in [0.05, 0.1) is 6.04 Å². The molecule has 128 valence electrons. The van der Waals surface area contributed by atoms with Gasteiger partial charge >= 0.3 is 6.03 Å². The van der Waals surface area contributed by atoms with Crippen LogP contribution in [0.1, 0.15) is 24.9 Å². The largest absolute Gasteiger partial charge is 0.486 e. The highest BCUT2D eigenvalue weighted by molar-refractivity contribution is 5.74. The lowest BCUT2D eigenvalue weighted by Gasteiger charge is -2.21. The fourth-order valence-corrected chi connectivity index (χ4v) is 2.45. The quantitative estimate of drug-likeness (QED) is 0.783. The molecule has 1 atom stereocenters. The highest BCUT2D eigenvalue weighted by atomic mass is 16.6. The number of nitrogens with zero attached hydrogens (tertiary/aromatic N) is 3. The van der Waals surface area contributed by atoms with E-state index in [4.69, 9.17) is 9.47 Å².